The van der Waals surface area contributed by atoms with Crippen LogP contribution < -0.4 is 16.6 Å². The number of hydrogen-bond acceptors (Lipinski definition) is 4. The second-order valence-corrected chi connectivity index (χ2v) is 6.56. The van der Waals surface area contributed by atoms with E-state index in [0.29, 0.717) is 12.4 Å². The number of nitrogens with zero attached hydrogens (tertiary/aromatic N) is 1. The molecule has 27 heavy (non-hydrogen) atoms. The third kappa shape index (κ3) is 5.82. The molecule has 0 radical (unpaired) electrons. The first-order valence-electron chi connectivity index (χ1n) is 8.95. The molecule has 0 fully saturated rings. The normalized spacial score (nSPS) is 13.8. The number of allylic oxidation sites excluding steroid dienone is 2. The van der Waals surface area contributed by atoms with Crippen LogP contribution in [0, 0.1) is 0 Å². The summed E-state index contributed by atoms with van der Waals surface area (Å²) < 4.78 is 6.83. The summed E-state index contributed by atoms with van der Waals surface area (Å²) in [5, 5.41) is 3.12. The lowest BCUT2D eigenvalue weighted by molar-refractivity contribution is 0.0926. The van der Waals surface area contributed by atoms with Crippen molar-refractivity contribution < 1.29 is 4.74 Å². The molecule has 0 aliphatic heterocycles. The van der Waals surface area contributed by atoms with Gasteiger partial charge in [-0.1, -0.05) is 54.6 Å². The monoisotopic (exact) mass is 369 g/mol. The lowest BCUT2D eigenvalue weighted by Crippen LogP contribution is -2.39. The van der Waals surface area contributed by atoms with Crippen LogP contribution in [0.4, 0.5) is 5.82 Å². The smallest absolute Gasteiger partial charge is 0.330 e. The van der Waals surface area contributed by atoms with Crippen molar-refractivity contribution in [2.45, 2.75) is 39.5 Å². The van der Waals surface area contributed by atoms with Gasteiger partial charge in [0.05, 0.1) is 19.3 Å². The van der Waals surface area contributed by atoms with Gasteiger partial charge in [0, 0.05) is 12.1 Å². The molecule has 2 aromatic rings. The number of aromatic nitrogens is 2. The summed E-state index contributed by atoms with van der Waals surface area (Å²) in [6.45, 7) is 10.0. The number of aromatic amines is 1. The van der Waals surface area contributed by atoms with Crippen molar-refractivity contribution in [3.05, 3.63) is 87.1 Å². The van der Waals surface area contributed by atoms with E-state index in [4.69, 9.17) is 4.74 Å². The molecule has 2 atom stereocenters. The third-order valence-electron chi connectivity index (χ3n) is 4.31. The Morgan fingerprint density at radius 3 is 2.63 bits per heavy atom. The molecule has 2 rings (SSSR count). The molecule has 6 heteroatoms. The summed E-state index contributed by atoms with van der Waals surface area (Å²) in [7, 11) is 0. The molecule has 1 heterocycles. The van der Waals surface area contributed by atoms with E-state index in [1.54, 1.807) is 13.0 Å². The fourth-order valence-electron chi connectivity index (χ4n) is 2.67. The fourth-order valence-corrected chi connectivity index (χ4v) is 2.67. The first-order valence-corrected chi connectivity index (χ1v) is 8.95. The van der Waals surface area contributed by atoms with Crippen LogP contribution in [0.2, 0.25) is 0 Å². The van der Waals surface area contributed by atoms with Crippen LogP contribution in [0.15, 0.2) is 70.3 Å². The van der Waals surface area contributed by atoms with Crippen LogP contribution in [0.3, 0.4) is 0 Å². The van der Waals surface area contributed by atoms with E-state index in [1.165, 1.54) is 10.6 Å². The van der Waals surface area contributed by atoms with Gasteiger partial charge in [-0.3, -0.25) is 14.3 Å². The number of rotatable bonds is 9. The van der Waals surface area contributed by atoms with Gasteiger partial charge in [-0.15, -0.1) is 0 Å². The quantitative estimate of drug-likeness (QED) is 0.665. The highest BCUT2D eigenvalue weighted by atomic mass is 16.5. The summed E-state index contributed by atoms with van der Waals surface area (Å²) in [5.41, 5.74) is 1.26. The van der Waals surface area contributed by atoms with Crippen molar-refractivity contribution in [2.24, 2.45) is 0 Å². The molecular formula is C21H27N3O3. The Hall–Kier alpha value is -2.86. The van der Waals surface area contributed by atoms with Gasteiger partial charge in [0.25, 0.3) is 5.56 Å². The average Bonchev–Trinajstić information content (AvgIpc) is 2.62. The van der Waals surface area contributed by atoms with Gasteiger partial charge < -0.3 is 10.1 Å². The predicted octanol–water partition coefficient (Wildman–Crippen LogP) is 3.25. The van der Waals surface area contributed by atoms with Crippen LogP contribution in [0.5, 0.6) is 0 Å². The van der Waals surface area contributed by atoms with Crippen molar-refractivity contribution in [3.63, 3.8) is 0 Å². The molecule has 0 saturated carbocycles. The Kier molecular flexibility index (Phi) is 7.37. The van der Waals surface area contributed by atoms with Gasteiger partial charge in [0.1, 0.15) is 5.82 Å². The molecule has 1 aromatic heterocycles. The Morgan fingerprint density at radius 1 is 1.30 bits per heavy atom. The third-order valence-corrected chi connectivity index (χ3v) is 4.31. The van der Waals surface area contributed by atoms with Gasteiger partial charge in [-0.05, 0) is 26.3 Å². The zero-order valence-electron chi connectivity index (χ0n) is 16.1. The highest BCUT2D eigenvalue weighted by molar-refractivity contribution is 5.36. The second-order valence-electron chi connectivity index (χ2n) is 6.56. The first-order chi connectivity index (χ1) is 12.9. The highest BCUT2D eigenvalue weighted by Gasteiger charge is 2.13. The van der Waals surface area contributed by atoms with E-state index < -0.39 is 5.69 Å². The van der Waals surface area contributed by atoms with E-state index in [0.717, 1.165) is 11.1 Å². The summed E-state index contributed by atoms with van der Waals surface area (Å²) in [6, 6.07) is 10.7. The standard InChI is InChI=1S/C21H27N3O3/c1-5-9-15(2)17(4)22-19-12-20(25)24(21(26)23-19)16(3)13-27-14-18-10-7-6-8-11-18/h5-12,16-17,22H,1,13-14H2,2-4H3,(H,23,26)/b15-9+/t16-,17+/m1/s1. The Labute approximate surface area is 159 Å². The van der Waals surface area contributed by atoms with Gasteiger partial charge >= 0.3 is 5.69 Å². The minimum atomic E-state index is -0.460. The molecule has 2 N–H and O–H groups in total. The number of H-pyrrole nitrogens is 1. The largest absolute Gasteiger partial charge is 0.375 e. The minimum Gasteiger partial charge on any atom is -0.375 e. The van der Waals surface area contributed by atoms with E-state index in [1.807, 2.05) is 50.3 Å². The topological polar surface area (TPSA) is 76.1 Å². The number of benzene rings is 1. The molecule has 0 spiro atoms. The summed E-state index contributed by atoms with van der Waals surface area (Å²) >= 11 is 0. The first kappa shape index (κ1) is 20.5. The van der Waals surface area contributed by atoms with Gasteiger partial charge in [0.15, 0.2) is 0 Å². The highest BCUT2D eigenvalue weighted by Crippen LogP contribution is 2.09. The van der Waals surface area contributed by atoms with Crippen molar-refractivity contribution >= 4 is 5.82 Å². The average molecular weight is 369 g/mol. The number of nitrogens with one attached hydrogen (secondary N) is 2. The fraction of sp³-hybridized carbons (Fsp3) is 0.333. The molecule has 0 aliphatic rings. The van der Waals surface area contributed by atoms with Crippen LogP contribution in [0.1, 0.15) is 32.4 Å². The molecule has 0 aliphatic carbocycles. The molecule has 1 aromatic carbocycles. The van der Waals surface area contributed by atoms with E-state index in [2.05, 4.69) is 16.9 Å². The maximum absolute atomic E-state index is 12.4. The minimum absolute atomic E-state index is 0.0412. The SMILES string of the molecule is C=C/C=C(\C)[C@H](C)Nc1cc(=O)n([C@H](C)COCc2ccccc2)c(=O)[nH]1. The summed E-state index contributed by atoms with van der Waals surface area (Å²) in [4.78, 5) is 27.5. The maximum Gasteiger partial charge on any atom is 0.330 e. The van der Waals surface area contributed by atoms with Crippen LogP contribution in [0.25, 0.3) is 0 Å². The number of ether oxygens (including phenoxy) is 1. The van der Waals surface area contributed by atoms with Crippen LogP contribution >= 0.6 is 0 Å². The summed E-state index contributed by atoms with van der Waals surface area (Å²) in [5.74, 6) is 0.392. The van der Waals surface area contributed by atoms with Crippen molar-refractivity contribution in [3.8, 4) is 0 Å². The Bertz CT molecular complexity index is 866. The molecule has 0 unspecified atom stereocenters. The zero-order valence-corrected chi connectivity index (χ0v) is 16.1. The number of anilines is 1. The Balaban J connectivity index is 2.05. The molecule has 144 valence electrons. The molecular weight excluding hydrogens is 342 g/mol. The van der Waals surface area contributed by atoms with E-state index in [-0.39, 0.29) is 24.2 Å². The molecule has 0 amide bonds. The zero-order chi connectivity index (χ0) is 19.8. The number of hydrogen-bond donors (Lipinski definition) is 2. The second kappa shape index (κ2) is 9.73. The predicted molar refractivity (Wildman–Crippen MR) is 109 cm³/mol. The van der Waals surface area contributed by atoms with Crippen molar-refractivity contribution in [2.75, 3.05) is 11.9 Å². The van der Waals surface area contributed by atoms with E-state index in [9.17, 15) is 9.59 Å². The lowest BCUT2D eigenvalue weighted by Gasteiger charge is -2.18. The molecule has 0 saturated heterocycles. The van der Waals surface area contributed by atoms with E-state index >= 15 is 0 Å². The Morgan fingerprint density at radius 2 is 2.00 bits per heavy atom. The van der Waals surface area contributed by atoms with Crippen molar-refractivity contribution in [1.82, 2.24) is 9.55 Å². The van der Waals surface area contributed by atoms with Crippen LogP contribution in [-0.2, 0) is 11.3 Å². The van der Waals surface area contributed by atoms with Gasteiger partial charge in [0.2, 0.25) is 0 Å². The molecule has 6 nitrogen and oxygen atoms in total. The molecule has 0 bridgehead atoms. The van der Waals surface area contributed by atoms with Crippen LogP contribution in [-0.4, -0.2) is 22.2 Å². The summed E-state index contributed by atoms with van der Waals surface area (Å²) in [6.07, 6.45) is 3.58. The van der Waals surface area contributed by atoms with Gasteiger partial charge in [-0.2, -0.15) is 0 Å². The van der Waals surface area contributed by atoms with Crippen molar-refractivity contribution in [1.29, 1.82) is 0 Å². The van der Waals surface area contributed by atoms with Gasteiger partial charge in [-0.25, -0.2) is 4.79 Å². The lowest BCUT2D eigenvalue weighted by atomic mass is 10.1. The maximum atomic E-state index is 12.4.